The van der Waals surface area contributed by atoms with E-state index in [0.29, 0.717) is 6.29 Å². The lowest BCUT2D eigenvalue weighted by Crippen LogP contribution is -2.01. The Kier molecular flexibility index (Phi) is 2.87. The van der Waals surface area contributed by atoms with Crippen molar-refractivity contribution < 1.29 is 13.6 Å². The molecule has 3 nitrogen and oxygen atoms in total. The molecule has 1 heterocycles. The summed E-state index contributed by atoms with van der Waals surface area (Å²) < 4.78 is 24.9. The fourth-order valence-electron chi connectivity index (χ4n) is 1.13. The zero-order chi connectivity index (χ0) is 10.7. The van der Waals surface area contributed by atoms with Gasteiger partial charge in [-0.2, -0.15) is 5.26 Å². The molecule has 0 bridgehead atoms. The molecular weight excluding hydrogens is 190 g/mol. The third-order valence-corrected chi connectivity index (χ3v) is 1.73. The highest BCUT2D eigenvalue weighted by atomic mass is 19.3. The highest BCUT2D eigenvalue weighted by Gasteiger charge is 2.18. The molecule has 1 aromatic heterocycles. The number of pyridine rings is 1. The zero-order valence-electron chi connectivity index (χ0n) is 7.29. The normalized spacial score (nSPS) is 9.93. The Morgan fingerprint density at radius 2 is 2.29 bits per heavy atom. The minimum atomic E-state index is -2.75. The Hall–Kier alpha value is -1.83. The predicted octanol–water partition coefficient (Wildman–Crippen LogP) is 2.01. The minimum absolute atomic E-state index is 0.0107. The Morgan fingerprint density at radius 3 is 2.71 bits per heavy atom. The van der Waals surface area contributed by atoms with Crippen molar-refractivity contribution in [3.63, 3.8) is 0 Å². The smallest absolute Gasteiger partial charge is 0.266 e. The maximum absolute atomic E-state index is 12.4. The number of nitrogens with zero attached hydrogens (tertiary/aromatic N) is 2. The van der Waals surface area contributed by atoms with E-state index in [2.05, 4.69) is 4.98 Å². The van der Waals surface area contributed by atoms with Crippen molar-refractivity contribution in [1.29, 1.82) is 5.26 Å². The van der Waals surface area contributed by atoms with Crippen LogP contribution in [0, 0.1) is 18.3 Å². The third kappa shape index (κ3) is 1.74. The third-order valence-electron chi connectivity index (χ3n) is 1.73. The number of alkyl halides is 2. The molecule has 0 aliphatic carbocycles. The topological polar surface area (TPSA) is 53.8 Å². The van der Waals surface area contributed by atoms with Crippen molar-refractivity contribution in [2.24, 2.45) is 0 Å². The Balaban J connectivity index is 3.44. The van der Waals surface area contributed by atoms with Gasteiger partial charge in [-0.25, -0.2) is 13.8 Å². The van der Waals surface area contributed by atoms with E-state index < -0.39 is 12.0 Å². The molecule has 0 aromatic carbocycles. The lowest BCUT2D eigenvalue weighted by molar-refractivity contribution is 0.111. The van der Waals surface area contributed by atoms with Gasteiger partial charge in [-0.3, -0.25) is 4.79 Å². The van der Waals surface area contributed by atoms with E-state index >= 15 is 0 Å². The number of aromatic nitrogens is 1. The monoisotopic (exact) mass is 196 g/mol. The van der Waals surface area contributed by atoms with Crippen molar-refractivity contribution in [3.8, 4) is 6.07 Å². The number of hydrogen-bond donors (Lipinski definition) is 0. The zero-order valence-corrected chi connectivity index (χ0v) is 7.29. The van der Waals surface area contributed by atoms with E-state index in [0.717, 1.165) is 0 Å². The van der Waals surface area contributed by atoms with E-state index in [1.54, 1.807) is 6.07 Å². The Bertz CT molecular complexity index is 410. The van der Waals surface area contributed by atoms with E-state index in [1.807, 2.05) is 0 Å². The average Bonchev–Trinajstić information content (AvgIpc) is 2.15. The lowest BCUT2D eigenvalue weighted by Gasteiger charge is -2.06. The molecule has 0 atom stereocenters. The second-order valence-electron chi connectivity index (χ2n) is 2.66. The molecule has 0 fully saturated rings. The largest absolute Gasteiger partial charge is 0.296 e. The predicted molar refractivity (Wildman–Crippen MR) is 44.0 cm³/mol. The van der Waals surface area contributed by atoms with Gasteiger partial charge in [0.05, 0.1) is 5.56 Å². The molecule has 5 heteroatoms. The summed E-state index contributed by atoms with van der Waals surface area (Å²) >= 11 is 0. The van der Waals surface area contributed by atoms with Crippen molar-refractivity contribution in [2.75, 3.05) is 0 Å². The standard InChI is InChI=1S/C9H6F2N2O/c1-5-2-6(4-14)13-7(3-12)8(5)9(10)11/h2,4,9H,1H3. The van der Waals surface area contributed by atoms with Crippen LogP contribution in [0.2, 0.25) is 0 Å². The second kappa shape index (κ2) is 3.92. The number of nitriles is 1. The SMILES string of the molecule is Cc1cc(C=O)nc(C#N)c1C(F)F. The average molecular weight is 196 g/mol. The molecular formula is C9H6F2N2O. The van der Waals surface area contributed by atoms with Crippen molar-refractivity contribution in [1.82, 2.24) is 4.98 Å². The van der Waals surface area contributed by atoms with Gasteiger partial charge >= 0.3 is 0 Å². The number of aryl methyl sites for hydroxylation is 1. The lowest BCUT2D eigenvalue weighted by atomic mass is 10.1. The van der Waals surface area contributed by atoms with Crippen LogP contribution in [0.3, 0.4) is 0 Å². The van der Waals surface area contributed by atoms with Gasteiger partial charge in [0, 0.05) is 0 Å². The first-order chi connectivity index (χ1) is 6.60. The van der Waals surface area contributed by atoms with Crippen LogP contribution in [0.4, 0.5) is 8.78 Å². The molecule has 0 unspecified atom stereocenters. The molecule has 0 radical (unpaired) electrons. The van der Waals surface area contributed by atoms with Gasteiger partial charge in [-0.05, 0) is 18.6 Å². The highest BCUT2D eigenvalue weighted by Crippen LogP contribution is 2.25. The molecule has 0 saturated heterocycles. The summed E-state index contributed by atoms with van der Waals surface area (Å²) in [7, 11) is 0. The van der Waals surface area contributed by atoms with E-state index in [4.69, 9.17) is 5.26 Å². The molecule has 72 valence electrons. The van der Waals surface area contributed by atoms with Crippen LogP contribution in [0.15, 0.2) is 6.07 Å². The molecule has 0 aliphatic heterocycles. The number of rotatable bonds is 2. The maximum Gasteiger partial charge on any atom is 0.266 e. The molecule has 0 N–H and O–H groups in total. The van der Waals surface area contributed by atoms with E-state index in [9.17, 15) is 13.6 Å². The van der Waals surface area contributed by atoms with E-state index in [-0.39, 0.29) is 17.0 Å². The quantitative estimate of drug-likeness (QED) is 0.680. The van der Waals surface area contributed by atoms with Gasteiger partial charge in [-0.1, -0.05) is 0 Å². The summed E-state index contributed by atoms with van der Waals surface area (Å²) in [6.07, 6.45) is -2.33. The summed E-state index contributed by atoms with van der Waals surface area (Å²) in [6.45, 7) is 1.41. The number of carbonyl (C=O) groups excluding carboxylic acids is 1. The van der Waals surface area contributed by atoms with Gasteiger partial charge in [0.25, 0.3) is 6.43 Å². The van der Waals surface area contributed by atoms with Crippen LogP contribution in [0.25, 0.3) is 0 Å². The summed E-state index contributed by atoms with van der Waals surface area (Å²) in [6, 6.07) is 2.77. The Morgan fingerprint density at radius 1 is 1.64 bits per heavy atom. The van der Waals surface area contributed by atoms with Crippen LogP contribution in [-0.2, 0) is 0 Å². The van der Waals surface area contributed by atoms with Crippen molar-refractivity contribution in [3.05, 3.63) is 28.6 Å². The molecule has 14 heavy (non-hydrogen) atoms. The van der Waals surface area contributed by atoms with Gasteiger partial charge in [0.15, 0.2) is 6.29 Å². The van der Waals surface area contributed by atoms with Crippen LogP contribution in [0.5, 0.6) is 0 Å². The number of halogens is 2. The fraction of sp³-hybridized carbons (Fsp3) is 0.222. The Labute approximate surface area is 79.0 Å². The molecule has 0 spiro atoms. The molecule has 0 amide bonds. The van der Waals surface area contributed by atoms with Crippen LogP contribution in [-0.4, -0.2) is 11.3 Å². The molecule has 0 saturated carbocycles. The van der Waals surface area contributed by atoms with Crippen molar-refractivity contribution in [2.45, 2.75) is 13.3 Å². The number of aldehydes is 1. The fourth-order valence-corrected chi connectivity index (χ4v) is 1.13. The first-order valence-corrected chi connectivity index (χ1v) is 3.75. The summed E-state index contributed by atoms with van der Waals surface area (Å²) in [4.78, 5) is 13.8. The second-order valence-corrected chi connectivity index (χ2v) is 2.66. The first kappa shape index (κ1) is 10.3. The number of hydrogen-bond acceptors (Lipinski definition) is 3. The highest BCUT2D eigenvalue weighted by molar-refractivity contribution is 5.72. The summed E-state index contributed by atoms with van der Waals surface area (Å²) in [5, 5.41) is 8.55. The van der Waals surface area contributed by atoms with E-state index in [1.165, 1.54) is 13.0 Å². The van der Waals surface area contributed by atoms with Crippen LogP contribution < -0.4 is 0 Å². The molecule has 1 aromatic rings. The molecule has 0 aliphatic rings. The maximum atomic E-state index is 12.4. The number of carbonyl (C=O) groups is 1. The summed E-state index contributed by atoms with van der Waals surface area (Å²) in [5.74, 6) is 0. The summed E-state index contributed by atoms with van der Waals surface area (Å²) in [5.41, 5.74) is -0.600. The van der Waals surface area contributed by atoms with Gasteiger partial charge in [0.2, 0.25) is 0 Å². The van der Waals surface area contributed by atoms with Gasteiger partial charge in [0.1, 0.15) is 17.5 Å². The van der Waals surface area contributed by atoms with Crippen LogP contribution >= 0.6 is 0 Å². The first-order valence-electron chi connectivity index (χ1n) is 3.75. The minimum Gasteiger partial charge on any atom is -0.296 e. The van der Waals surface area contributed by atoms with Gasteiger partial charge in [-0.15, -0.1) is 0 Å². The van der Waals surface area contributed by atoms with Crippen LogP contribution in [0.1, 0.15) is 33.7 Å². The van der Waals surface area contributed by atoms with Crippen molar-refractivity contribution >= 4 is 6.29 Å². The molecule has 1 rings (SSSR count). The van der Waals surface area contributed by atoms with Gasteiger partial charge < -0.3 is 0 Å².